The molecule has 4 nitrogen and oxygen atoms in total. The fourth-order valence-corrected chi connectivity index (χ4v) is 1.88. The van der Waals surface area contributed by atoms with Crippen molar-refractivity contribution in [2.75, 3.05) is 17.6 Å². The number of benzene rings is 1. The number of carbonyl (C=O) groups is 1. The number of hydrogen-bond donors (Lipinski definition) is 3. The van der Waals surface area contributed by atoms with Crippen LogP contribution in [0.4, 0.5) is 11.4 Å². The SMILES string of the molecule is CCCNC(=O)C(C)Nc1ccc(I)cc1N. The lowest BCUT2D eigenvalue weighted by Crippen LogP contribution is -2.38. The molecule has 0 aliphatic heterocycles. The number of hydrogen-bond acceptors (Lipinski definition) is 3. The van der Waals surface area contributed by atoms with E-state index in [0.29, 0.717) is 12.2 Å². The third kappa shape index (κ3) is 4.41. The van der Waals surface area contributed by atoms with Gasteiger partial charge in [0.1, 0.15) is 6.04 Å². The predicted octanol–water partition coefficient (Wildman–Crippen LogP) is 2.20. The normalized spacial score (nSPS) is 11.9. The zero-order chi connectivity index (χ0) is 12.8. The molecule has 0 radical (unpaired) electrons. The minimum Gasteiger partial charge on any atom is -0.397 e. The largest absolute Gasteiger partial charge is 0.397 e. The first-order valence-electron chi connectivity index (χ1n) is 5.64. The van der Waals surface area contributed by atoms with Gasteiger partial charge >= 0.3 is 0 Å². The van der Waals surface area contributed by atoms with Crippen molar-refractivity contribution in [1.82, 2.24) is 5.32 Å². The van der Waals surface area contributed by atoms with E-state index < -0.39 is 0 Å². The van der Waals surface area contributed by atoms with E-state index in [1.807, 2.05) is 32.0 Å². The third-order valence-corrected chi connectivity index (χ3v) is 3.00. The van der Waals surface area contributed by atoms with E-state index in [1.165, 1.54) is 0 Å². The van der Waals surface area contributed by atoms with Crippen LogP contribution in [0.15, 0.2) is 18.2 Å². The molecule has 1 amide bonds. The van der Waals surface area contributed by atoms with Crippen molar-refractivity contribution < 1.29 is 4.79 Å². The second kappa shape index (κ2) is 6.68. The number of carbonyl (C=O) groups excluding carboxylic acids is 1. The first-order valence-corrected chi connectivity index (χ1v) is 6.71. The number of rotatable bonds is 5. The Morgan fingerprint density at radius 2 is 2.24 bits per heavy atom. The average Bonchev–Trinajstić information content (AvgIpc) is 2.29. The average molecular weight is 347 g/mol. The van der Waals surface area contributed by atoms with Crippen LogP contribution in [0.3, 0.4) is 0 Å². The topological polar surface area (TPSA) is 67.2 Å². The molecule has 0 saturated heterocycles. The summed E-state index contributed by atoms with van der Waals surface area (Å²) in [5, 5.41) is 5.95. The fraction of sp³-hybridized carbons (Fsp3) is 0.417. The lowest BCUT2D eigenvalue weighted by Gasteiger charge is -2.16. The molecule has 94 valence electrons. The molecule has 0 spiro atoms. The van der Waals surface area contributed by atoms with Gasteiger partial charge in [0.05, 0.1) is 11.4 Å². The fourth-order valence-electron chi connectivity index (χ4n) is 1.37. The van der Waals surface area contributed by atoms with Gasteiger partial charge < -0.3 is 16.4 Å². The monoisotopic (exact) mass is 347 g/mol. The summed E-state index contributed by atoms with van der Waals surface area (Å²) in [4.78, 5) is 11.7. The smallest absolute Gasteiger partial charge is 0.242 e. The maximum absolute atomic E-state index is 11.7. The van der Waals surface area contributed by atoms with E-state index in [9.17, 15) is 4.79 Å². The zero-order valence-corrected chi connectivity index (χ0v) is 12.2. The van der Waals surface area contributed by atoms with Gasteiger partial charge in [-0.3, -0.25) is 4.79 Å². The van der Waals surface area contributed by atoms with Crippen LogP contribution in [0.1, 0.15) is 20.3 Å². The summed E-state index contributed by atoms with van der Waals surface area (Å²) in [6, 6.07) is 5.43. The number of nitrogen functional groups attached to an aromatic ring is 1. The van der Waals surface area contributed by atoms with Crippen molar-refractivity contribution in [2.24, 2.45) is 0 Å². The Bertz CT molecular complexity index is 395. The molecule has 0 saturated carbocycles. The highest BCUT2D eigenvalue weighted by Gasteiger charge is 2.12. The third-order valence-electron chi connectivity index (χ3n) is 2.33. The minimum atomic E-state index is -0.288. The quantitative estimate of drug-likeness (QED) is 0.565. The van der Waals surface area contributed by atoms with Gasteiger partial charge in [0, 0.05) is 10.1 Å². The van der Waals surface area contributed by atoms with Gasteiger partial charge in [-0.25, -0.2) is 0 Å². The summed E-state index contributed by atoms with van der Waals surface area (Å²) in [5.74, 6) is -0.00944. The number of nitrogens with one attached hydrogen (secondary N) is 2. The molecule has 17 heavy (non-hydrogen) atoms. The summed E-state index contributed by atoms with van der Waals surface area (Å²) >= 11 is 2.20. The van der Waals surface area contributed by atoms with Crippen LogP contribution < -0.4 is 16.4 Å². The number of halogens is 1. The molecule has 5 heteroatoms. The molecular weight excluding hydrogens is 329 g/mol. The molecule has 1 aromatic carbocycles. The highest BCUT2D eigenvalue weighted by molar-refractivity contribution is 14.1. The minimum absolute atomic E-state index is 0.00944. The lowest BCUT2D eigenvalue weighted by atomic mass is 10.2. The number of amides is 1. The van der Waals surface area contributed by atoms with Crippen LogP contribution in [0, 0.1) is 3.57 Å². The van der Waals surface area contributed by atoms with E-state index in [4.69, 9.17) is 5.73 Å². The zero-order valence-electron chi connectivity index (χ0n) is 10.1. The molecule has 1 atom stereocenters. The second-order valence-corrected chi connectivity index (χ2v) is 5.13. The van der Waals surface area contributed by atoms with Crippen LogP contribution >= 0.6 is 22.6 Å². The summed E-state index contributed by atoms with van der Waals surface area (Å²) in [5.41, 5.74) is 7.33. The van der Waals surface area contributed by atoms with E-state index >= 15 is 0 Å². The maximum atomic E-state index is 11.7. The molecule has 0 fully saturated rings. The van der Waals surface area contributed by atoms with Crippen molar-refractivity contribution in [1.29, 1.82) is 0 Å². The molecule has 0 aliphatic carbocycles. The van der Waals surface area contributed by atoms with Crippen molar-refractivity contribution >= 4 is 39.9 Å². The van der Waals surface area contributed by atoms with Gasteiger partial charge in [0.15, 0.2) is 0 Å². The van der Waals surface area contributed by atoms with Crippen LogP contribution in [-0.4, -0.2) is 18.5 Å². The standard InChI is InChI=1S/C12H18IN3O/c1-3-6-15-12(17)8(2)16-11-5-4-9(13)7-10(11)14/h4-5,7-8,16H,3,6,14H2,1-2H3,(H,15,17). The Labute approximate surface area is 115 Å². The van der Waals surface area contributed by atoms with Crippen LogP contribution in [0.2, 0.25) is 0 Å². The Balaban J connectivity index is 2.61. The van der Waals surface area contributed by atoms with Crippen molar-refractivity contribution in [3.8, 4) is 0 Å². The van der Waals surface area contributed by atoms with Gasteiger partial charge in [0.25, 0.3) is 0 Å². The first-order chi connectivity index (χ1) is 8.04. The van der Waals surface area contributed by atoms with Crippen LogP contribution in [0.25, 0.3) is 0 Å². The first kappa shape index (κ1) is 14.1. The van der Waals surface area contributed by atoms with Gasteiger partial charge in [-0.2, -0.15) is 0 Å². The highest BCUT2D eigenvalue weighted by atomic mass is 127. The van der Waals surface area contributed by atoms with Crippen molar-refractivity contribution in [2.45, 2.75) is 26.3 Å². The number of nitrogens with two attached hydrogens (primary N) is 1. The summed E-state index contributed by atoms with van der Waals surface area (Å²) < 4.78 is 1.08. The summed E-state index contributed by atoms with van der Waals surface area (Å²) in [6.07, 6.45) is 0.935. The molecule has 1 rings (SSSR count). The Morgan fingerprint density at radius 3 is 2.82 bits per heavy atom. The van der Waals surface area contributed by atoms with E-state index in [2.05, 4.69) is 33.2 Å². The van der Waals surface area contributed by atoms with E-state index in [0.717, 1.165) is 15.7 Å². The van der Waals surface area contributed by atoms with Gasteiger partial charge in [0.2, 0.25) is 5.91 Å². The van der Waals surface area contributed by atoms with Crippen LogP contribution in [-0.2, 0) is 4.79 Å². The van der Waals surface area contributed by atoms with Gasteiger partial charge in [-0.15, -0.1) is 0 Å². The van der Waals surface area contributed by atoms with Gasteiger partial charge in [-0.05, 0) is 54.1 Å². The molecule has 0 aliphatic rings. The van der Waals surface area contributed by atoms with E-state index in [-0.39, 0.29) is 11.9 Å². The van der Waals surface area contributed by atoms with Crippen molar-refractivity contribution in [3.05, 3.63) is 21.8 Å². The number of anilines is 2. The molecule has 0 aromatic heterocycles. The molecular formula is C12H18IN3O. The summed E-state index contributed by atoms with van der Waals surface area (Å²) in [7, 11) is 0. The highest BCUT2D eigenvalue weighted by Crippen LogP contribution is 2.21. The van der Waals surface area contributed by atoms with Crippen molar-refractivity contribution in [3.63, 3.8) is 0 Å². The molecule has 0 bridgehead atoms. The summed E-state index contributed by atoms with van der Waals surface area (Å²) in [6.45, 7) is 4.55. The van der Waals surface area contributed by atoms with Crippen LogP contribution in [0.5, 0.6) is 0 Å². The molecule has 4 N–H and O–H groups in total. The Morgan fingerprint density at radius 1 is 1.53 bits per heavy atom. The van der Waals surface area contributed by atoms with Gasteiger partial charge in [-0.1, -0.05) is 6.92 Å². The molecule has 0 heterocycles. The Hall–Kier alpha value is -0.980. The Kier molecular flexibility index (Phi) is 5.54. The lowest BCUT2D eigenvalue weighted by molar-refractivity contribution is -0.121. The van der Waals surface area contributed by atoms with E-state index in [1.54, 1.807) is 0 Å². The predicted molar refractivity (Wildman–Crippen MR) is 80.0 cm³/mol. The molecule has 1 unspecified atom stereocenters. The molecule has 1 aromatic rings. The maximum Gasteiger partial charge on any atom is 0.242 e. The second-order valence-electron chi connectivity index (χ2n) is 3.89.